The summed E-state index contributed by atoms with van der Waals surface area (Å²) in [6.07, 6.45) is -4.49. The number of fused-ring (bicyclic) bond motifs is 4. The Hall–Kier alpha value is -4.39. The highest BCUT2D eigenvalue weighted by Crippen LogP contribution is 2.40. The quantitative estimate of drug-likeness (QED) is 0.236. The number of alkyl halides is 3. The van der Waals surface area contributed by atoms with Gasteiger partial charge in [-0.1, -0.05) is 42.0 Å². The summed E-state index contributed by atoms with van der Waals surface area (Å²) in [5, 5.41) is 1.04. The second kappa shape index (κ2) is 7.80. The number of rotatable bonds is 2. The van der Waals surface area contributed by atoms with Gasteiger partial charge in [0.05, 0.1) is 39.1 Å². The molecule has 0 aliphatic carbocycles. The largest absolute Gasteiger partial charge is 0.416 e. The summed E-state index contributed by atoms with van der Waals surface area (Å²) in [5.74, 6) is -0.875. The first-order valence-corrected chi connectivity index (χ1v) is 11.8. The van der Waals surface area contributed by atoms with Gasteiger partial charge in [0, 0.05) is 10.8 Å². The third kappa shape index (κ3) is 3.30. The number of halogens is 3. The number of anilines is 1. The third-order valence-electron chi connectivity index (χ3n) is 6.99. The van der Waals surface area contributed by atoms with Gasteiger partial charge < -0.3 is 4.57 Å². The minimum absolute atomic E-state index is 0.231. The molecule has 0 saturated carbocycles. The monoisotopic (exact) mass is 498 g/mol. The summed E-state index contributed by atoms with van der Waals surface area (Å²) in [5.41, 5.74) is 4.56. The van der Waals surface area contributed by atoms with Crippen LogP contribution < -0.4 is 4.90 Å². The van der Waals surface area contributed by atoms with Crippen LogP contribution in [0.2, 0.25) is 0 Å². The molecule has 0 atom stereocenters. The lowest BCUT2D eigenvalue weighted by Crippen LogP contribution is -2.31. The molecule has 37 heavy (non-hydrogen) atoms. The zero-order chi connectivity index (χ0) is 26.2. The molecule has 4 nitrogen and oxygen atoms in total. The first kappa shape index (κ1) is 23.0. The molecule has 184 valence electrons. The molecule has 1 aromatic heterocycles. The maximum atomic E-state index is 13.9. The summed E-state index contributed by atoms with van der Waals surface area (Å²) in [6, 6.07) is 19.6. The molecule has 0 saturated heterocycles. The van der Waals surface area contributed by atoms with Crippen LogP contribution in [0, 0.1) is 20.8 Å². The molecule has 1 aliphatic heterocycles. The van der Waals surface area contributed by atoms with Gasteiger partial charge in [-0.15, -0.1) is 0 Å². The Morgan fingerprint density at radius 3 is 2.08 bits per heavy atom. The standard InChI is InChI=1S/C30H21F3N2O2/c1-16-13-17(2)27(18(3)14-16)35-28(36)21-8-6-10-25(26(21)29(35)37)34-23-9-5-4-7-20(23)22-15-19(30(31,32)33)11-12-24(22)34/h4-15H,1-3H3. The Bertz CT molecular complexity index is 1770. The second-order valence-corrected chi connectivity index (χ2v) is 9.47. The number of amides is 2. The van der Waals surface area contributed by atoms with E-state index in [1.165, 1.54) is 11.0 Å². The first-order chi connectivity index (χ1) is 17.6. The smallest absolute Gasteiger partial charge is 0.308 e. The number of aryl methyl sites for hydroxylation is 3. The zero-order valence-electron chi connectivity index (χ0n) is 20.3. The van der Waals surface area contributed by atoms with Crippen LogP contribution in [0.5, 0.6) is 0 Å². The van der Waals surface area contributed by atoms with E-state index in [2.05, 4.69) is 0 Å². The van der Waals surface area contributed by atoms with Gasteiger partial charge in [0.2, 0.25) is 0 Å². The van der Waals surface area contributed by atoms with Crippen LogP contribution in [0.15, 0.2) is 72.8 Å². The molecule has 6 rings (SSSR count). The van der Waals surface area contributed by atoms with Gasteiger partial charge in [-0.25, -0.2) is 4.90 Å². The normalized spacial score (nSPS) is 13.7. The van der Waals surface area contributed by atoms with Crippen molar-refractivity contribution >= 4 is 39.3 Å². The van der Waals surface area contributed by atoms with Crippen molar-refractivity contribution < 1.29 is 22.8 Å². The zero-order valence-corrected chi connectivity index (χ0v) is 20.3. The Balaban J connectivity index is 1.62. The van der Waals surface area contributed by atoms with E-state index in [1.807, 2.05) is 32.9 Å². The minimum Gasteiger partial charge on any atom is -0.308 e. The molecule has 0 spiro atoms. The van der Waals surface area contributed by atoms with Crippen molar-refractivity contribution in [2.45, 2.75) is 26.9 Å². The SMILES string of the molecule is Cc1cc(C)c(N2C(=O)c3cccc(-n4c5ccccc5c5cc(C(F)(F)F)ccc54)c3C2=O)c(C)c1. The maximum Gasteiger partial charge on any atom is 0.416 e. The Kier molecular flexibility index (Phi) is 4.86. The van der Waals surface area contributed by atoms with Crippen LogP contribution >= 0.6 is 0 Å². The number of imide groups is 1. The fourth-order valence-electron chi connectivity index (χ4n) is 5.59. The molecule has 5 aromatic rings. The molecule has 0 fully saturated rings. The van der Waals surface area contributed by atoms with Gasteiger partial charge in [0.15, 0.2) is 0 Å². The van der Waals surface area contributed by atoms with Crippen LogP contribution in [0.1, 0.15) is 43.0 Å². The Morgan fingerprint density at radius 1 is 0.703 bits per heavy atom. The fraction of sp³-hybridized carbons (Fsp3) is 0.133. The molecule has 1 aliphatic rings. The molecule has 0 unspecified atom stereocenters. The maximum absolute atomic E-state index is 13.9. The second-order valence-electron chi connectivity index (χ2n) is 9.47. The van der Waals surface area contributed by atoms with Crippen molar-refractivity contribution in [3.8, 4) is 5.69 Å². The molecule has 0 bridgehead atoms. The van der Waals surface area contributed by atoms with Crippen LogP contribution in [0.3, 0.4) is 0 Å². The summed E-state index contributed by atoms with van der Waals surface area (Å²) >= 11 is 0. The molecule has 0 N–H and O–H groups in total. The number of carbonyl (C=O) groups is 2. The molecule has 7 heteroatoms. The van der Waals surface area contributed by atoms with Crippen LogP contribution in [-0.2, 0) is 6.18 Å². The van der Waals surface area contributed by atoms with Crippen molar-refractivity contribution in [3.05, 3.63) is 106 Å². The predicted octanol–water partition coefficient (Wildman–Crippen LogP) is 7.53. The number of carbonyl (C=O) groups excluding carboxylic acids is 2. The van der Waals surface area contributed by atoms with E-state index in [9.17, 15) is 22.8 Å². The molecular formula is C30H21F3N2O2. The highest BCUT2D eigenvalue weighted by molar-refractivity contribution is 6.36. The summed E-state index contributed by atoms with van der Waals surface area (Å²) in [7, 11) is 0. The third-order valence-corrected chi connectivity index (χ3v) is 6.99. The predicted molar refractivity (Wildman–Crippen MR) is 138 cm³/mol. The molecule has 2 heterocycles. The van der Waals surface area contributed by atoms with E-state index in [-0.39, 0.29) is 11.1 Å². The van der Waals surface area contributed by atoms with Crippen molar-refractivity contribution in [2.24, 2.45) is 0 Å². The average Bonchev–Trinajstić information content (AvgIpc) is 3.30. The summed E-state index contributed by atoms with van der Waals surface area (Å²) < 4.78 is 42.3. The molecule has 4 aromatic carbocycles. The van der Waals surface area contributed by atoms with E-state index in [0.29, 0.717) is 33.2 Å². The van der Waals surface area contributed by atoms with E-state index < -0.39 is 23.6 Å². The van der Waals surface area contributed by atoms with Gasteiger partial charge >= 0.3 is 6.18 Å². The van der Waals surface area contributed by atoms with Gasteiger partial charge in [-0.05, 0) is 68.3 Å². The number of aromatic nitrogens is 1. The van der Waals surface area contributed by atoms with E-state index in [4.69, 9.17) is 0 Å². The van der Waals surface area contributed by atoms with Crippen molar-refractivity contribution in [1.29, 1.82) is 0 Å². The summed E-state index contributed by atoms with van der Waals surface area (Å²) in [6.45, 7) is 5.69. The number of para-hydroxylation sites is 1. The molecule has 2 amide bonds. The average molecular weight is 499 g/mol. The lowest BCUT2D eigenvalue weighted by Gasteiger charge is -2.20. The number of hydrogen-bond donors (Lipinski definition) is 0. The minimum atomic E-state index is -4.49. The first-order valence-electron chi connectivity index (χ1n) is 11.8. The van der Waals surface area contributed by atoms with Crippen LogP contribution in [0.25, 0.3) is 27.5 Å². The molecule has 0 radical (unpaired) electrons. The van der Waals surface area contributed by atoms with Gasteiger partial charge in [-0.2, -0.15) is 13.2 Å². The van der Waals surface area contributed by atoms with Gasteiger partial charge in [-0.3, -0.25) is 9.59 Å². The van der Waals surface area contributed by atoms with Crippen LogP contribution in [0.4, 0.5) is 18.9 Å². The highest BCUT2D eigenvalue weighted by atomic mass is 19.4. The lowest BCUT2D eigenvalue weighted by atomic mass is 10.0. The van der Waals surface area contributed by atoms with E-state index >= 15 is 0 Å². The summed E-state index contributed by atoms with van der Waals surface area (Å²) in [4.78, 5) is 28.7. The van der Waals surface area contributed by atoms with Crippen LogP contribution in [-0.4, -0.2) is 16.4 Å². The molecular weight excluding hydrogens is 477 g/mol. The number of benzene rings is 4. The lowest BCUT2D eigenvalue weighted by molar-refractivity contribution is -0.137. The fourth-order valence-corrected chi connectivity index (χ4v) is 5.59. The Morgan fingerprint density at radius 2 is 1.38 bits per heavy atom. The Labute approximate surface area is 210 Å². The van der Waals surface area contributed by atoms with Crippen molar-refractivity contribution in [1.82, 2.24) is 4.57 Å². The van der Waals surface area contributed by atoms with E-state index in [0.717, 1.165) is 28.8 Å². The topological polar surface area (TPSA) is 42.3 Å². The van der Waals surface area contributed by atoms with E-state index in [1.54, 1.807) is 47.0 Å². The van der Waals surface area contributed by atoms with Crippen molar-refractivity contribution in [2.75, 3.05) is 4.90 Å². The number of nitrogens with zero attached hydrogens (tertiary/aromatic N) is 2. The number of hydrogen-bond acceptors (Lipinski definition) is 2. The van der Waals surface area contributed by atoms with Crippen molar-refractivity contribution in [3.63, 3.8) is 0 Å². The van der Waals surface area contributed by atoms with Gasteiger partial charge in [0.25, 0.3) is 11.8 Å². The highest BCUT2D eigenvalue weighted by Gasteiger charge is 2.40. The van der Waals surface area contributed by atoms with Gasteiger partial charge in [0.1, 0.15) is 0 Å².